The summed E-state index contributed by atoms with van der Waals surface area (Å²) in [4.78, 5) is 15.4. The number of likely N-dealkylation sites (N-methyl/N-ethyl adjacent to an activating group) is 1. The van der Waals surface area contributed by atoms with Crippen molar-refractivity contribution in [3.63, 3.8) is 0 Å². The highest BCUT2D eigenvalue weighted by Crippen LogP contribution is 2.48. The van der Waals surface area contributed by atoms with E-state index in [1.54, 1.807) is 7.11 Å². The number of unbranched alkanes of at least 4 members (excludes halogenated alkanes) is 1. The molecule has 1 saturated carbocycles. The van der Waals surface area contributed by atoms with Crippen molar-refractivity contribution in [1.29, 1.82) is 0 Å². The van der Waals surface area contributed by atoms with E-state index in [0.717, 1.165) is 50.8 Å². The smallest absolute Gasteiger partial charge is 0.317 e. The molecule has 6 nitrogen and oxygen atoms in total. The van der Waals surface area contributed by atoms with E-state index in [1.807, 2.05) is 42.3 Å². The van der Waals surface area contributed by atoms with Gasteiger partial charge in [-0.15, -0.1) is 0 Å². The number of carbonyl (C=O) groups is 1. The van der Waals surface area contributed by atoms with E-state index in [0.29, 0.717) is 25.5 Å². The highest BCUT2D eigenvalue weighted by atomic mass is 16.5. The Bertz CT molecular complexity index is 755. The van der Waals surface area contributed by atoms with E-state index in [1.165, 1.54) is 32.1 Å². The summed E-state index contributed by atoms with van der Waals surface area (Å²) >= 11 is 0. The highest BCUT2D eigenvalue weighted by molar-refractivity contribution is 5.74. The first-order valence-corrected chi connectivity index (χ1v) is 13.9. The lowest BCUT2D eigenvalue weighted by Gasteiger charge is -2.51. The minimum Gasteiger partial charge on any atom is -0.385 e. The summed E-state index contributed by atoms with van der Waals surface area (Å²) in [6.45, 7) is 4.96. The van der Waals surface area contributed by atoms with Crippen molar-refractivity contribution in [3.05, 3.63) is 35.9 Å². The van der Waals surface area contributed by atoms with Gasteiger partial charge in [-0.05, 0) is 57.1 Å². The van der Waals surface area contributed by atoms with Gasteiger partial charge in [0, 0.05) is 44.8 Å². The molecule has 2 fully saturated rings. The Morgan fingerprint density at radius 1 is 1.20 bits per heavy atom. The Labute approximate surface area is 213 Å². The van der Waals surface area contributed by atoms with Crippen LogP contribution in [0.15, 0.2) is 30.3 Å². The van der Waals surface area contributed by atoms with Gasteiger partial charge in [0.15, 0.2) is 0 Å². The SMILES string of the molecule is CNC[C@H](CC1CCCCC1)NC(=O)N1CCC[C@@](C)([C@@](O)(CCCCOC)c2ccccc2)C1. The van der Waals surface area contributed by atoms with Gasteiger partial charge in [0.25, 0.3) is 0 Å². The molecule has 2 amide bonds. The van der Waals surface area contributed by atoms with Gasteiger partial charge in [-0.1, -0.05) is 69.4 Å². The number of piperidine rings is 1. The predicted octanol–water partition coefficient (Wildman–Crippen LogP) is 5.06. The number of carbonyl (C=O) groups excluding carboxylic acids is 1. The summed E-state index contributed by atoms with van der Waals surface area (Å²) in [7, 11) is 3.68. The van der Waals surface area contributed by atoms with Crippen molar-refractivity contribution < 1.29 is 14.6 Å². The van der Waals surface area contributed by atoms with Crippen LogP contribution in [0.2, 0.25) is 0 Å². The summed E-state index contributed by atoms with van der Waals surface area (Å²) in [5.74, 6) is 0.712. The number of nitrogens with one attached hydrogen (secondary N) is 2. The zero-order valence-electron chi connectivity index (χ0n) is 22.4. The van der Waals surface area contributed by atoms with Gasteiger partial charge >= 0.3 is 6.03 Å². The quantitative estimate of drug-likeness (QED) is 0.360. The summed E-state index contributed by atoms with van der Waals surface area (Å²) in [6, 6.07) is 10.2. The monoisotopic (exact) mass is 487 g/mol. The first kappa shape index (κ1) is 27.9. The molecule has 3 atom stereocenters. The van der Waals surface area contributed by atoms with Gasteiger partial charge in [-0.2, -0.15) is 0 Å². The van der Waals surface area contributed by atoms with E-state index in [2.05, 4.69) is 17.6 Å². The number of urea groups is 1. The number of likely N-dealkylation sites (tertiary alicyclic amines) is 1. The normalized spacial score (nSPS) is 24.1. The third-order valence-corrected chi connectivity index (χ3v) is 8.49. The standard InChI is InChI=1S/C29H49N3O3/c1-28(29(34,18-10-11-20-35-3)25-15-8-5-9-16-25)17-12-19-32(23-28)27(33)31-26(22-30-2)21-24-13-6-4-7-14-24/h5,8-9,15-16,24,26,30,34H,4,6-7,10-14,17-23H2,1-3H3,(H,31,33)/t26-,28+,29+/m0/s1. The second kappa shape index (κ2) is 13.6. The molecule has 0 unspecified atom stereocenters. The first-order chi connectivity index (χ1) is 16.9. The van der Waals surface area contributed by atoms with Gasteiger partial charge in [-0.25, -0.2) is 4.79 Å². The molecule has 1 aliphatic heterocycles. The molecule has 0 aromatic heterocycles. The van der Waals surface area contributed by atoms with Crippen LogP contribution in [-0.4, -0.2) is 62.5 Å². The molecule has 0 radical (unpaired) electrons. The van der Waals surface area contributed by atoms with E-state index in [4.69, 9.17) is 4.74 Å². The third kappa shape index (κ3) is 7.43. The zero-order chi connectivity index (χ0) is 25.2. The van der Waals surface area contributed by atoms with Gasteiger partial charge < -0.3 is 25.4 Å². The van der Waals surface area contributed by atoms with Crippen molar-refractivity contribution in [2.45, 2.75) is 89.2 Å². The van der Waals surface area contributed by atoms with Crippen molar-refractivity contribution in [3.8, 4) is 0 Å². The molecule has 1 aromatic rings. The Balaban J connectivity index is 1.71. The largest absolute Gasteiger partial charge is 0.385 e. The van der Waals surface area contributed by atoms with E-state index < -0.39 is 11.0 Å². The minimum atomic E-state index is -0.993. The van der Waals surface area contributed by atoms with E-state index in [9.17, 15) is 9.90 Å². The molecule has 1 heterocycles. The molecule has 6 heteroatoms. The van der Waals surface area contributed by atoms with Gasteiger partial charge in [0.05, 0.1) is 5.60 Å². The lowest BCUT2D eigenvalue weighted by molar-refractivity contribution is -0.116. The van der Waals surface area contributed by atoms with Gasteiger partial charge in [0.2, 0.25) is 0 Å². The topological polar surface area (TPSA) is 73.8 Å². The van der Waals surface area contributed by atoms with Crippen molar-refractivity contribution in [1.82, 2.24) is 15.5 Å². The number of aliphatic hydroxyl groups is 1. The van der Waals surface area contributed by atoms with Crippen LogP contribution in [-0.2, 0) is 10.3 Å². The maximum absolute atomic E-state index is 13.5. The molecule has 0 spiro atoms. The van der Waals surface area contributed by atoms with Crippen molar-refractivity contribution >= 4 is 6.03 Å². The van der Waals surface area contributed by atoms with Crippen LogP contribution in [0.4, 0.5) is 4.79 Å². The number of methoxy groups -OCH3 is 1. The van der Waals surface area contributed by atoms with E-state index in [-0.39, 0.29) is 12.1 Å². The summed E-state index contributed by atoms with van der Waals surface area (Å²) < 4.78 is 5.24. The number of ether oxygens (including phenoxy) is 1. The third-order valence-electron chi connectivity index (χ3n) is 8.49. The number of nitrogens with zero attached hydrogens (tertiary/aromatic N) is 1. The fourth-order valence-electron chi connectivity index (χ4n) is 6.42. The Morgan fingerprint density at radius 2 is 1.94 bits per heavy atom. The maximum Gasteiger partial charge on any atom is 0.317 e. The number of benzene rings is 1. The minimum absolute atomic E-state index is 0.0155. The highest BCUT2D eigenvalue weighted by Gasteiger charge is 2.50. The van der Waals surface area contributed by atoms with Crippen molar-refractivity contribution in [2.24, 2.45) is 11.3 Å². The van der Waals surface area contributed by atoms with Crippen LogP contribution in [0, 0.1) is 11.3 Å². The van der Waals surface area contributed by atoms with Gasteiger partial charge in [0.1, 0.15) is 0 Å². The Hall–Kier alpha value is -1.63. The lowest BCUT2D eigenvalue weighted by Crippen LogP contribution is -2.58. The molecule has 35 heavy (non-hydrogen) atoms. The van der Waals surface area contributed by atoms with E-state index >= 15 is 0 Å². The number of rotatable bonds is 12. The molecule has 1 aliphatic carbocycles. The average molecular weight is 488 g/mol. The Kier molecular flexibility index (Phi) is 10.9. The lowest BCUT2D eigenvalue weighted by atomic mass is 9.63. The molecule has 1 aromatic carbocycles. The molecule has 2 aliphatic rings. The molecule has 198 valence electrons. The molecule has 3 N–H and O–H groups in total. The molecule has 3 rings (SSSR count). The van der Waals surface area contributed by atoms with Gasteiger partial charge in [-0.3, -0.25) is 0 Å². The summed E-state index contributed by atoms with van der Waals surface area (Å²) in [6.07, 6.45) is 11.9. The van der Waals surface area contributed by atoms with Crippen molar-refractivity contribution in [2.75, 3.05) is 40.4 Å². The summed E-state index contributed by atoms with van der Waals surface area (Å²) in [5, 5.41) is 18.9. The van der Waals surface area contributed by atoms with Crippen LogP contribution >= 0.6 is 0 Å². The van der Waals surface area contributed by atoms with Crippen LogP contribution in [0.1, 0.15) is 83.1 Å². The zero-order valence-corrected chi connectivity index (χ0v) is 22.4. The second-order valence-corrected chi connectivity index (χ2v) is 11.2. The average Bonchev–Trinajstić information content (AvgIpc) is 2.87. The second-order valence-electron chi connectivity index (χ2n) is 11.2. The number of amides is 2. The predicted molar refractivity (Wildman–Crippen MR) is 142 cm³/mol. The number of hydrogen-bond acceptors (Lipinski definition) is 4. The molecular weight excluding hydrogens is 438 g/mol. The van der Waals surface area contributed by atoms with Crippen LogP contribution in [0.25, 0.3) is 0 Å². The van der Waals surface area contributed by atoms with Crippen LogP contribution in [0.3, 0.4) is 0 Å². The van der Waals surface area contributed by atoms with Crippen LogP contribution < -0.4 is 10.6 Å². The fourth-order valence-corrected chi connectivity index (χ4v) is 6.42. The molecular formula is C29H49N3O3. The molecule has 0 bridgehead atoms. The first-order valence-electron chi connectivity index (χ1n) is 13.9. The summed E-state index contributed by atoms with van der Waals surface area (Å²) in [5.41, 5.74) is -0.459. The Morgan fingerprint density at radius 3 is 2.63 bits per heavy atom. The fraction of sp³-hybridized carbons (Fsp3) is 0.759. The molecule has 1 saturated heterocycles. The maximum atomic E-state index is 13.5. The number of hydrogen-bond donors (Lipinski definition) is 3. The van der Waals surface area contributed by atoms with Crippen LogP contribution in [0.5, 0.6) is 0 Å².